The fourth-order valence-corrected chi connectivity index (χ4v) is 4.28. The summed E-state index contributed by atoms with van der Waals surface area (Å²) in [5.74, 6) is -0.413. The van der Waals surface area contributed by atoms with Crippen molar-refractivity contribution in [3.8, 4) is 5.69 Å². The molecule has 1 N–H and O–H groups in total. The molecule has 0 saturated heterocycles. The lowest BCUT2D eigenvalue weighted by molar-refractivity contribution is -0.142. The number of fused-ring (bicyclic) bond motifs is 1. The number of carbonyl (C=O) groups is 2. The molecular weight excluding hydrogens is 436 g/mol. The van der Waals surface area contributed by atoms with Crippen molar-refractivity contribution in [2.75, 3.05) is 17.7 Å². The van der Waals surface area contributed by atoms with Crippen molar-refractivity contribution in [3.63, 3.8) is 0 Å². The molecule has 0 saturated carbocycles. The van der Waals surface area contributed by atoms with Crippen LogP contribution in [0.4, 0.5) is 5.13 Å². The first kappa shape index (κ1) is 20.9. The number of hydrogen-bond acceptors (Lipinski definition) is 9. The number of rotatable bonds is 8. The minimum absolute atomic E-state index is 0.0826. The van der Waals surface area contributed by atoms with Crippen LogP contribution in [0.5, 0.6) is 0 Å². The summed E-state index contributed by atoms with van der Waals surface area (Å²) >= 11 is 2.56. The van der Waals surface area contributed by atoms with Crippen LogP contribution < -0.4 is 5.32 Å². The summed E-state index contributed by atoms with van der Waals surface area (Å²) in [6.45, 7) is 2.07. The van der Waals surface area contributed by atoms with Gasteiger partial charge < -0.3 is 10.1 Å². The molecule has 158 valence electrons. The third kappa shape index (κ3) is 5.06. The van der Waals surface area contributed by atoms with Gasteiger partial charge in [-0.1, -0.05) is 30.0 Å². The van der Waals surface area contributed by atoms with E-state index in [0.29, 0.717) is 28.1 Å². The van der Waals surface area contributed by atoms with E-state index in [1.807, 2.05) is 30.3 Å². The predicted molar refractivity (Wildman–Crippen MR) is 118 cm³/mol. The molecule has 0 aliphatic rings. The Balaban J connectivity index is 1.39. The first-order valence-corrected chi connectivity index (χ1v) is 11.3. The van der Waals surface area contributed by atoms with E-state index in [-0.39, 0.29) is 24.1 Å². The van der Waals surface area contributed by atoms with Gasteiger partial charge in [-0.25, -0.2) is 19.6 Å². The second-order valence-electron chi connectivity index (χ2n) is 6.27. The Morgan fingerprint density at radius 3 is 2.87 bits per heavy atom. The van der Waals surface area contributed by atoms with Crippen LogP contribution in [0.2, 0.25) is 0 Å². The van der Waals surface area contributed by atoms with Gasteiger partial charge in [0.1, 0.15) is 11.4 Å². The van der Waals surface area contributed by atoms with Crippen molar-refractivity contribution in [2.45, 2.75) is 18.4 Å². The van der Waals surface area contributed by atoms with E-state index in [2.05, 4.69) is 25.4 Å². The number of thioether (sulfide) groups is 1. The maximum absolute atomic E-state index is 12.4. The molecule has 0 aliphatic heterocycles. The number of aromatic nitrogens is 5. The van der Waals surface area contributed by atoms with Crippen LogP contribution in [0.3, 0.4) is 0 Å². The van der Waals surface area contributed by atoms with Crippen LogP contribution >= 0.6 is 23.1 Å². The van der Waals surface area contributed by atoms with Crippen LogP contribution in [0.15, 0.2) is 53.3 Å². The molecule has 4 rings (SSSR count). The average molecular weight is 455 g/mol. The fourth-order valence-electron chi connectivity index (χ4n) is 2.79. The van der Waals surface area contributed by atoms with Crippen LogP contribution in [0.1, 0.15) is 12.6 Å². The van der Waals surface area contributed by atoms with Gasteiger partial charge in [0.05, 0.1) is 41.7 Å². The van der Waals surface area contributed by atoms with Gasteiger partial charge >= 0.3 is 5.97 Å². The van der Waals surface area contributed by atoms with E-state index in [4.69, 9.17) is 4.74 Å². The van der Waals surface area contributed by atoms with E-state index >= 15 is 0 Å². The average Bonchev–Trinajstić information content (AvgIpc) is 3.40. The number of ether oxygens (including phenoxy) is 1. The van der Waals surface area contributed by atoms with Crippen molar-refractivity contribution in [1.82, 2.24) is 24.7 Å². The van der Waals surface area contributed by atoms with Gasteiger partial charge in [-0.3, -0.25) is 9.59 Å². The van der Waals surface area contributed by atoms with Crippen molar-refractivity contribution in [1.29, 1.82) is 0 Å². The highest BCUT2D eigenvalue weighted by atomic mass is 32.2. The molecule has 4 aromatic rings. The topological polar surface area (TPSA) is 112 Å². The van der Waals surface area contributed by atoms with Crippen LogP contribution in [0.25, 0.3) is 16.7 Å². The second kappa shape index (κ2) is 9.67. The lowest BCUT2D eigenvalue weighted by Crippen LogP contribution is -2.14. The Labute approximate surface area is 185 Å². The minimum atomic E-state index is -0.343. The van der Waals surface area contributed by atoms with Gasteiger partial charge in [-0.05, 0) is 19.1 Å². The number of amides is 1. The molecule has 31 heavy (non-hydrogen) atoms. The van der Waals surface area contributed by atoms with Crippen LogP contribution in [-0.2, 0) is 20.7 Å². The molecule has 0 fully saturated rings. The third-order valence-electron chi connectivity index (χ3n) is 4.10. The van der Waals surface area contributed by atoms with Gasteiger partial charge in [0.15, 0.2) is 10.8 Å². The van der Waals surface area contributed by atoms with Gasteiger partial charge in [0.2, 0.25) is 5.91 Å². The molecule has 1 amide bonds. The maximum atomic E-state index is 12.4. The predicted octanol–water partition coefficient (Wildman–Crippen LogP) is 3.11. The second-order valence-corrected chi connectivity index (χ2v) is 8.09. The van der Waals surface area contributed by atoms with Crippen molar-refractivity contribution < 1.29 is 14.3 Å². The Morgan fingerprint density at radius 1 is 1.23 bits per heavy atom. The SMILES string of the molecule is CCOC(=O)Cc1csc(NC(=O)CSc2ncnc3c2cnn3-c2ccccc2)n1. The number of benzene rings is 1. The summed E-state index contributed by atoms with van der Waals surface area (Å²) in [6, 6.07) is 9.69. The highest BCUT2D eigenvalue weighted by Crippen LogP contribution is 2.26. The van der Waals surface area contributed by atoms with E-state index in [1.54, 1.807) is 23.2 Å². The lowest BCUT2D eigenvalue weighted by Gasteiger charge is -2.04. The highest BCUT2D eigenvalue weighted by Gasteiger charge is 2.14. The number of nitrogens with one attached hydrogen (secondary N) is 1. The molecule has 11 heteroatoms. The molecule has 0 aliphatic carbocycles. The van der Waals surface area contributed by atoms with E-state index < -0.39 is 0 Å². The zero-order chi connectivity index (χ0) is 21.6. The van der Waals surface area contributed by atoms with Crippen molar-refractivity contribution in [2.24, 2.45) is 0 Å². The summed E-state index contributed by atoms with van der Waals surface area (Å²) < 4.78 is 6.64. The molecule has 1 aromatic carbocycles. The monoisotopic (exact) mass is 454 g/mol. The van der Waals surface area contributed by atoms with E-state index in [9.17, 15) is 9.59 Å². The molecule has 3 aromatic heterocycles. The zero-order valence-corrected chi connectivity index (χ0v) is 18.2. The molecule has 0 spiro atoms. The van der Waals surface area contributed by atoms with Gasteiger partial charge in [0, 0.05) is 5.38 Å². The quantitative estimate of drug-likeness (QED) is 0.246. The fraction of sp³-hybridized carbons (Fsp3) is 0.200. The van der Waals surface area contributed by atoms with Gasteiger partial charge in [0.25, 0.3) is 0 Å². The molecule has 0 radical (unpaired) electrons. The number of hydrogen-bond donors (Lipinski definition) is 1. The molecule has 0 unspecified atom stereocenters. The molecule has 3 heterocycles. The van der Waals surface area contributed by atoms with E-state index in [1.165, 1.54) is 29.4 Å². The third-order valence-corrected chi connectivity index (χ3v) is 5.91. The normalized spacial score (nSPS) is 10.9. The van der Waals surface area contributed by atoms with E-state index in [0.717, 1.165) is 11.1 Å². The summed E-state index contributed by atoms with van der Waals surface area (Å²) in [5.41, 5.74) is 2.14. The maximum Gasteiger partial charge on any atom is 0.311 e. The lowest BCUT2D eigenvalue weighted by atomic mass is 10.3. The Morgan fingerprint density at radius 2 is 2.06 bits per heavy atom. The minimum Gasteiger partial charge on any atom is -0.466 e. The van der Waals surface area contributed by atoms with Crippen molar-refractivity contribution in [3.05, 3.63) is 53.9 Å². The summed E-state index contributed by atoms with van der Waals surface area (Å²) in [6.07, 6.45) is 3.25. The Bertz CT molecular complexity index is 1210. The molecule has 0 atom stereocenters. The molecule has 0 bridgehead atoms. The Kier molecular flexibility index (Phi) is 6.53. The summed E-state index contributed by atoms with van der Waals surface area (Å²) in [7, 11) is 0. The molecular formula is C20H18N6O3S2. The summed E-state index contributed by atoms with van der Waals surface area (Å²) in [4.78, 5) is 36.8. The number of esters is 1. The number of carbonyl (C=O) groups excluding carboxylic acids is 2. The number of anilines is 1. The van der Waals surface area contributed by atoms with Crippen molar-refractivity contribution >= 4 is 51.1 Å². The van der Waals surface area contributed by atoms with Gasteiger partial charge in [-0.15, -0.1) is 11.3 Å². The number of nitrogens with zero attached hydrogens (tertiary/aromatic N) is 5. The summed E-state index contributed by atoms with van der Waals surface area (Å²) in [5, 5.41) is 10.8. The van der Waals surface area contributed by atoms with Crippen LogP contribution in [0, 0.1) is 0 Å². The highest BCUT2D eigenvalue weighted by molar-refractivity contribution is 8.00. The number of thiazole rings is 1. The largest absolute Gasteiger partial charge is 0.466 e. The first-order valence-electron chi connectivity index (χ1n) is 9.41. The first-order chi connectivity index (χ1) is 15.1. The zero-order valence-electron chi connectivity index (χ0n) is 16.5. The van der Waals surface area contributed by atoms with Crippen LogP contribution in [-0.4, -0.2) is 49.0 Å². The molecule has 9 nitrogen and oxygen atoms in total. The smallest absolute Gasteiger partial charge is 0.311 e. The standard InChI is InChI=1S/C20H18N6O3S2/c1-2-29-17(28)8-13-10-31-20(24-13)25-16(27)11-30-19-15-9-23-26(18(15)21-12-22-19)14-6-4-3-5-7-14/h3-7,9-10,12H,2,8,11H2,1H3,(H,24,25,27). The Hall–Kier alpha value is -3.31. The van der Waals surface area contributed by atoms with Gasteiger partial charge in [-0.2, -0.15) is 5.10 Å². The number of para-hydroxylation sites is 1.